The van der Waals surface area contributed by atoms with Gasteiger partial charge in [0.1, 0.15) is 25.4 Å². The second kappa shape index (κ2) is 18.3. The highest BCUT2D eigenvalue weighted by molar-refractivity contribution is 5.89. The SMILES string of the molecule is COCCOC(=O)CCOC(=O)C(Cc1ccccc1)NC(=O)C(C)OC(=O)C(C)OC(=O)C(C)OC(=O)C(C)O. The molecule has 228 valence electrons. The van der Waals surface area contributed by atoms with Crippen LogP contribution in [0, 0.1) is 0 Å². The number of nitrogens with one attached hydrogen (secondary N) is 1. The van der Waals surface area contributed by atoms with Gasteiger partial charge < -0.3 is 38.8 Å². The first-order valence-corrected chi connectivity index (χ1v) is 12.8. The molecule has 14 heteroatoms. The van der Waals surface area contributed by atoms with Crippen LogP contribution in [-0.2, 0) is 63.6 Å². The molecule has 41 heavy (non-hydrogen) atoms. The largest absolute Gasteiger partial charge is 0.464 e. The third kappa shape index (κ3) is 13.7. The van der Waals surface area contributed by atoms with Crippen LogP contribution in [0.15, 0.2) is 30.3 Å². The van der Waals surface area contributed by atoms with Crippen LogP contribution < -0.4 is 5.32 Å². The molecular weight excluding hydrogens is 546 g/mol. The summed E-state index contributed by atoms with van der Waals surface area (Å²) in [5.74, 6) is -5.47. The molecule has 5 unspecified atom stereocenters. The Bertz CT molecular complexity index is 1030. The number of ether oxygens (including phenoxy) is 6. The van der Waals surface area contributed by atoms with Crippen LogP contribution in [-0.4, -0.2) is 98.2 Å². The number of carbonyl (C=O) groups is 6. The van der Waals surface area contributed by atoms with Crippen LogP contribution in [0.3, 0.4) is 0 Å². The molecule has 0 saturated heterocycles. The van der Waals surface area contributed by atoms with Gasteiger partial charge in [-0.2, -0.15) is 0 Å². The molecule has 0 spiro atoms. The number of methoxy groups -OCH3 is 1. The van der Waals surface area contributed by atoms with E-state index in [1.54, 1.807) is 30.3 Å². The predicted octanol–water partition coefficient (Wildman–Crippen LogP) is 0.0127. The molecule has 0 fully saturated rings. The third-order valence-electron chi connectivity index (χ3n) is 5.24. The molecule has 0 aliphatic carbocycles. The zero-order valence-electron chi connectivity index (χ0n) is 23.7. The maximum Gasteiger partial charge on any atom is 0.347 e. The molecule has 0 bridgehead atoms. The fourth-order valence-corrected chi connectivity index (χ4v) is 2.94. The van der Waals surface area contributed by atoms with Crippen LogP contribution in [0.1, 0.15) is 39.7 Å². The minimum absolute atomic E-state index is 0.0431. The first kappa shape index (κ1) is 35.0. The van der Waals surface area contributed by atoms with Gasteiger partial charge in [0.2, 0.25) is 0 Å². The summed E-state index contributed by atoms with van der Waals surface area (Å²) >= 11 is 0. The third-order valence-corrected chi connectivity index (χ3v) is 5.24. The fourth-order valence-electron chi connectivity index (χ4n) is 2.94. The van der Waals surface area contributed by atoms with Gasteiger partial charge in [-0.3, -0.25) is 9.59 Å². The second-order valence-corrected chi connectivity index (χ2v) is 8.79. The van der Waals surface area contributed by atoms with Gasteiger partial charge in [-0.1, -0.05) is 30.3 Å². The highest BCUT2D eigenvalue weighted by Crippen LogP contribution is 2.08. The first-order valence-electron chi connectivity index (χ1n) is 12.8. The maximum absolute atomic E-state index is 12.8. The quantitative estimate of drug-likeness (QED) is 0.142. The number of esters is 5. The first-order chi connectivity index (χ1) is 19.3. The van der Waals surface area contributed by atoms with E-state index in [1.165, 1.54) is 27.9 Å². The van der Waals surface area contributed by atoms with Crippen molar-refractivity contribution in [2.75, 3.05) is 26.9 Å². The van der Waals surface area contributed by atoms with E-state index in [0.717, 1.165) is 6.92 Å². The molecule has 1 amide bonds. The number of benzene rings is 1. The van der Waals surface area contributed by atoms with Crippen molar-refractivity contribution in [2.45, 2.75) is 71.0 Å². The minimum Gasteiger partial charge on any atom is -0.464 e. The summed E-state index contributed by atoms with van der Waals surface area (Å²) in [7, 11) is 1.46. The topological polar surface area (TPSA) is 190 Å². The van der Waals surface area contributed by atoms with Gasteiger partial charge in [-0.05, 0) is 33.3 Å². The molecule has 0 heterocycles. The zero-order valence-corrected chi connectivity index (χ0v) is 23.7. The summed E-state index contributed by atoms with van der Waals surface area (Å²) in [5, 5.41) is 11.6. The van der Waals surface area contributed by atoms with Crippen LogP contribution in [0.25, 0.3) is 0 Å². The highest BCUT2D eigenvalue weighted by atomic mass is 16.6. The number of rotatable bonds is 17. The summed E-state index contributed by atoms with van der Waals surface area (Å²) in [6.45, 7) is 4.76. The minimum atomic E-state index is -1.47. The molecule has 2 N–H and O–H groups in total. The number of carbonyl (C=O) groups excluding carboxylic acids is 6. The second-order valence-electron chi connectivity index (χ2n) is 8.79. The molecule has 0 radical (unpaired) electrons. The summed E-state index contributed by atoms with van der Waals surface area (Å²) in [6.07, 6.45) is -5.91. The molecule has 0 saturated carbocycles. The number of aliphatic hydroxyl groups excluding tert-OH is 1. The molecule has 0 aliphatic rings. The molecule has 1 rings (SSSR count). The molecule has 5 atom stereocenters. The van der Waals surface area contributed by atoms with E-state index in [2.05, 4.69) is 5.32 Å². The van der Waals surface area contributed by atoms with Gasteiger partial charge in [0, 0.05) is 13.5 Å². The van der Waals surface area contributed by atoms with E-state index in [-0.39, 0.29) is 32.7 Å². The van der Waals surface area contributed by atoms with Crippen molar-refractivity contribution in [3.63, 3.8) is 0 Å². The summed E-state index contributed by atoms with van der Waals surface area (Å²) in [5.41, 5.74) is 0.698. The summed E-state index contributed by atoms with van der Waals surface area (Å²) in [4.78, 5) is 73.1. The Balaban J connectivity index is 2.72. The van der Waals surface area contributed by atoms with Gasteiger partial charge in [0.25, 0.3) is 5.91 Å². The van der Waals surface area contributed by atoms with Crippen molar-refractivity contribution in [3.8, 4) is 0 Å². The van der Waals surface area contributed by atoms with Crippen molar-refractivity contribution in [1.29, 1.82) is 0 Å². The Morgan fingerprint density at radius 1 is 0.732 bits per heavy atom. The van der Waals surface area contributed by atoms with Gasteiger partial charge in [0.15, 0.2) is 18.3 Å². The molecule has 1 aromatic rings. The lowest BCUT2D eigenvalue weighted by molar-refractivity contribution is -0.181. The smallest absolute Gasteiger partial charge is 0.347 e. The predicted molar refractivity (Wildman–Crippen MR) is 139 cm³/mol. The van der Waals surface area contributed by atoms with Crippen molar-refractivity contribution in [1.82, 2.24) is 5.32 Å². The van der Waals surface area contributed by atoms with E-state index < -0.39 is 66.2 Å². The fraction of sp³-hybridized carbons (Fsp3) is 0.556. The zero-order chi connectivity index (χ0) is 30.9. The lowest BCUT2D eigenvalue weighted by Crippen LogP contribution is -2.48. The Labute approximate surface area is 237 Å². The van der Waals surface area contributed by atoms with Crippen molar-refractivity contribution in [3.05, 3.63) is 35.9 Å². The molecule has 1 aromatic carbocycles. The lowest BCUT2D eigenvalue weighted by atomic mass is 10.1. The monoisotopic (exact) mass is 583 g/mol. The van der Waals surface area contributed by atoms with Crippen molar-refractivity contribution >= 4 is 35.8 Å². The maximum atomic E-state index is 12.8. The number of hydrogen-bond donors (Lipinski definition) is 2. The van der Waals surface area contributed by atoms with E-state index >= 15 is 0 Å². The van der Waals surface area contributed by atoms with Gasteiger partial charge in [-0.25, -0.2) is 19.2 Å². The van der Waals surface area contributed by atoms with Crippen LogP contribution in [0.4, 0.5) is 0 Å². The van der Waals surface area contributed by atoms with Gasteiger partial charge in [-0.15, -0.1) is 0 Å². The Morgan fingerprint density at radius 2 is 1.29 bits per heavy atom. The number of hydrogen-bond acceptors (Lipinski definition) is 13. The van der Waals surface area contributed by atoms with Crippen molar-refractivity contribution in [2.24, 2.45) is 0 Å². The molecule has 14 nitrogen and oxygen atoms in total. The highest BCUT2D eigenvalue weighted by Gasteiger charge is 2.31. The molecule has 0 aromatic heterocycles. The summed E-state index contributed by atoms with van der Waals surface area (Å²) < 4.78 is 29.5. The standard InChI is InChI=1S/C27H37NO13/c1-16(29)24(32)40-18(3)26(34)41-19(4)25(33)39-17(2)23(31)28-21(15-20-9-7-6-8-10-20)27(35)38-12-11-22(30)37-14-13-36-5/h6-10,16-19,21,29H,11-15H2,1-5H3,(H,28,31). The normalized spacial score (nSPS) is 14.3. The van der Waals surface area contributed by atoms with E-state index in [1.807, 2.05) is 0 Å². The van der Waals surface area contributed by atoms with E-state index in [4.69, 9.17) is 33.5 Å². The van der Waals surface area contributed by atoms with Crippen LogP contribution in [0.5, 0.6) is 0 Å². The Hall–Kier alpha value is -4.04. The van der Waals surface area contributed by atoms with Gasteiger partial charge >= 0.3 is 29.8 Å². The lowest BCUT2D eigenvalue weighted by Gasteiger charge is -2.22. The van der Waals surface area contributed by atoms with Crippen LogP contribution in [0.2, 0.25) is 0 Å². The summed E-state index contributed by atoms with van der Waals surface area (Å²) in [6, 6.07) is 7.55. The van der Waals surface area contributed by atoms with Crippen LogP contribution >= 0.6 is 0 Å². The van der Waals surface area contributed by atoms with E-state index in [0.29, 0.717) is 5.56 Å². The average Bonchev–Trinajstić information content (AvgIpc) is 2.92. The number of amides is 1. The van der Waals surface area contributed by atoms with E-state index in [9.17, 15) is 28.8 Å². The number of aliphatic hydroxyl groups is 1. The molecular formula is C27H37NO13. The average molecular weight is 584 g/mol. The van der Waals surface area contributed by atoms with Gasteiger partial charge in [0.05, 0.1) is 13.0 Å². The molecule has 0 aliphatic heterocycles. The Morgan fingerprint density at radius 3 is 1.85 bits per heavy atom. The van der Waals surface area contributed by atoms with Crippen molar-refractivity contribution < 1.29 is 62.3 Å². The Kier molecular flexibility index (Phi) is 15.6.